The lowest BCUT2D eigenvalue weighted by Crippen LogP contribution is -1.98. The third-order valence-corrected chi connectivity index (χ3v) is 5.37. The van der Waals surface area contributed by atoms with Gasteiger partial charge in [-0.25, -0.2) is 0 Å². The smallest absolute Gasteiger partial charge is 0.212 e. The van der Waals surface area contributed by atoms with Crippen LogP contribution in [0.25, 0.3) is 22.3 Å². The first kappa shape index (κ1) is 19.6. The van der Waals surface area contributed by atoms with Gasteiger partial charge in [-0.15, -0.1) is 0 Å². The van der Waals surface area contributed by atoms with Gasteiger partial charge in [0.15, 0.2) is 0 Å². The average molecular weight is 378 g/mol. The molecule has 2 nitrogen and oxygen atoms in total. The molecule has 0 amide bonds. The van der Waals surface area contributed by atoms with E-state index in [-0.39, 0.29) is 0 Å². The molecule has 0 fully saturated rings. The number of aryl methyl sites for hydroxylation is 6. The summed E-state index contributed by atoms with van der Waals surface area (Å²) in [6.45, 7) is 12.9. The zero-order valence-electron chi connectivity index (χ0n) is 16.9. The SMILES string of the molecule is Cc1cc(C)c(-c2cccc(OPO)c2-c2c(C)cc(C)cc2C)c(C)c1. The summed E-state index contributed by atoms with van der Waals surface area (Å²) in [4.78, 5) is 9.49. The fourth-order valence-electron chi connectivity index (χ4n) is 4.31. The standard InChI is InChI=1S/C24H27O2P/c1-14-10-16(3)22(17(4)11-14)20-8-7-9-21(26-27-25)24(20)23-18(5)12-15(2)13-19(23)6/h7-13,25,27H,1-6H3. The highest BCUT2D eigenvalue weighted by atomic mass is 31.1. The van der Waals surface area contributed by atoms with Gasteiger partial charge in [0.2, 0.25) is 9.03 Å². The summed E-state index contributed by atoms with van der Waals surface area (Å²) in [5.41, 5.74) is 12.1. The Morgan fingerprint density at radius 3 is 1.63 bits per heavy atom. The molecule has 0 aliphatic carbocycles. The Hall–Kier alpha value is -2.15. The Balaban J connectivity index is 2.41. The van der Waals surface area contributed by atoms with Crippen LogP contribution in [0, 0.1) is 41.5 Å². The number of benzene rings is 3. The van der Waals surface area contributed by atoms with E-state index in [1.807, 2.05) is 12.1 Å². The molecule has 1 unspecified atom stereocenters. The molecule has 140 valence electrons. The van der Waals surface area contributed by atoms with Crippen LogP contribution in [-0.2, 0) is 0 Å². The summed E-state index contributed by atoms with van der Waals surface area (Å²) >= 11 is 0. The molecule has 0 bridgehead atoms. The molecule has 3 aromatic rings. The largest absolute Gasteiger partial charge is 0.449 e. The van der Waals surface area contributed by atoms with Crippen molar-refractivity contribution >= 4 is 9.03 Å². The Bertz CT molecular complexity index is 959. The fourth-order valence-corrected chi connectivity index (χ4v) is 4.58. The molecule has 1 N–H and O–H groups in total. The maximum Gasteiger partial charge on any atom is 0.212 e. The van der Waals surface area contributed by atoms with Crippen LogP contribution >= 0.6 is 9.03 Å². The molecule has 0 saturated heterocycles. The molecule has 0 radical (unpaired) electrons. The molecule has 0 aromatic heterocycles. The normalized spacial score (nSPS) is 11.4. The molecule has 27 heavy (non-hydrogen) atoms. The summed E-state index contributed by atoms with van der Waals surface area (Å²) in [5.74, 6) is 0.725. The Morgan fingerprint density at radius 1 is 0.667 bits per heavy atom. The van der Waals surface area contributed by atoms with E-state index < -0.39 is 9.03 Å². The highest BCUT2D eigenvalue weighted by Crippen LogP contribution is 2.45. The van der Waals surface area contributed by atoms with Crippen molar-refractivity contribution in [2.45, 2.75) is 41.5 Å². The lowest BCUT2D eigenvalue weighted by Gasteiger charge is -2.21. The molecule has 0 heterocycles. The van der Waals surface area contributed by atoms with Crippen molar-refractivity contribution in [2.75, 3.05) is 0 Å². The quantitative estimate of drug-likeness (QED) is 0.509. The second kappa shape index (κ2) is 7.84. The predicted octanol–water partition coefficient (Wildman–Crippen LogP) is 6.75. The molecule has 3 aromatic carbocycles. The number of rotatable bonds is 4. The van der Waals surface area contributed by atoms with Gasteiger partial charge in [-0.1, -0.05) is 47.5 Å². The van der Waals surface area contributed by atoms with Crippen molar-refractivity contribution in [3.63, 3.8) is 0 Å². The third kappa shape index (κ3) is 3.78. The van der Waals surface area contributed by atoms with Crippen LogP contribution in [0.3, 0.4) is 0 Å². The minimum Gasteiger partial charge on any atom is -0.449 e. The lowest BCUT2D eigenvalue weighted by atomic mass is 9.85. The van der Waals surface area contributed by atoms with E-state index in [9.17, 15) is 4.89 Å². The van der Waals surface area contributed by atoms with Crippen LogP contribution in [-0.4, -0.2) is 4.89 Å². The summed E-state index contributed by atoms with van der Waals surface area (Å²) in [6, 6.07) is 15.0. The number of hydrogen-bond acceptors (Lipinski definition) is 2. The molecule has 3 rings (SSSR count). The second-order valence-corrected chi connectivity index (χ2v) is 7.81. The Labute approximate surface area is 164 Å². The van der Waals surface area contributed by atoms with Crippen LogP contribution < -0.4 is 4.52 Å². The monoisotopic (exact) mass is 378 g/mol. The molecular weight excluding hydrogens is 351 g/mol. The summed E-state index contributed by atoms with van der Waals surface area (Å²) in [7, 11) is -0.586. The molecule has 0 spiro atoms. The lowest BCUT2D eigenvalue weighted by molar-refractivity contribution is 0.515. The van der Waals surface area contributed by atoms with E-state index in [1.54, 1.807) is 0 Å². The first-order chi connectivity index (χ1) is 12.8. The third-order valence-electron chi connectivity index (χ3n) is 5.06. The van der Waals surface area contributed by atoms with Gasteiger partial charge in [0.05, 0.1) is 0 Å². The molecule has 3 heteroatoms. The van der Waals surface area contributed by atoms with Crippen molar-refractivity contribution in [1.82, 2.24) is 0 Å². The zero-order chi connectivity index (χ0) is 19.7. The van der Waals surface area contributed by atoms with Crippen LogP contribution in [0.1, 0.15) is 33.4 Å². The van der Waals surface area contributed by atoms with Gasteiger partial charge >= 0.3 is 0 Å². The summed E-state index contributed by atoms with van der Waals surface area (Å²) in [6.07, 6.45) is 0. The topological polar surface area (TPSA) is 29.5 Å². The predicted molar refractivity (Wildman–Crippen MR) is 117 cm³/mol. The van der Waals surface area contributed by atoms with E-state index in [1.165, 1.54) is 44.5 Å². The Morgan fingerprint density at radius 2 is 1.15 bits per heavy atom. The first-order valence-electron chi connectivity index (χ1n) is 9.19. The van der Waals surface area contributed by atoms with Crippen LogP contribution in [0.2, 0.25) is 0 Å². The molecular formula is C24H27O2P. The van der Waals surface area contributed by atoms with Gasteiger partial charge in [-0.2, -0.15) is 0 Å². The van der Waals surface area contributed by atoms with E-state index >= 15 is 0 Å². The minimum atomic E-state index is -0.586. The first-order valence-corrected chi connectivity index (χ1v) is 10.0. The van der Waals surface area contributed by atoms with E-state index in [0.717, 1.165) is 16.9 Å². The van der Waals surface area contributed by atoms with Gasteiger partial charge in [-0.05, 0) is 86.6 Å². The molecule has 0 aliphatic rings. The van der Waals surface area contributed by atoms with Crippen molar-refractivity contribution in [1.29, 1.82) is 0 Å². The van der Waals surface area contributed by atoms with Gasteiger partial charge < -0.3 is 9.42 Å². The maximum atomic E-state index is 9.49. The van der Waals surface area contributed by atoms with Gasteiger partial charge in [0, 0.05) is 5.56 Å². The maximum absolute atomic E-state index is 9.49. The Kier molecular flexibility index (Phi) is 5.69. The molecule has 0 aliphatic heterocycles. The highest BCUT2D eigenvalue weighted by Gasteiger charge is 2.20. The van der Waals surface area contributed by atoms with E-state index in [4.69, 9.17) is 4.52 Å². The van der Waals surface area contributed by atoms with Crippen molar-refractivity contribution in [3.05, 3.63) is 75.8 Å². The average Bonchev–Trinajstić information content (AvgIpc) is 2.55. The molecule has 0 saturated carbocycles. The van der Waals surface area contributed by atoms with E-state index in [2.05, 4.69) is 71.9 Å². The van der Waals surface area contributed by atoms with Crippen molar-refractivity contribution in [3.8, 4) is 28.0 Å². The summed E-state index contributed by atoms with van der Waals surface area (Å²) in [5, 5.41) is 0. The molecule has 1 atom stereocenters. The zero-order valence-corrected chi connectivity index (χ0v) is 17.9. The van der Waals surface area contributed by atoms with Crippen LogP contribution in [0.4, 0.5) is 0 Å². The van der Waals surface area contributed by atoms with Crippen LogP contribution in [0.15, 0.2) is 42.5 Å². The second-order valence-electron chi connectivity index (χ2n) is 7.42. The number of hydrogen-bond donors (Lipinski definition) is 1. The van der Waals surface area contributed by atoms with Gasteiger partial charge in [0.1, 0.15) is 5.75 Å². The summed E-state index contributed by atoms with van der Waals surface area (Å²) < 4.78 is 5.68. The van der Waals surface area contributed by atoms with Gasteiger partial charge in [-0.3, -0.25) is 0 Å². The van der Waals surface area contributed by atoms with Crippen LogP contribution in [0.5, 0.6) is 5.75 Å². The van der Waals surface area contributed by atoms with Gasteiger partial charge in [0.25, 0.3) is 0 Å². The highest BCUT2D eigenvalue weighted by molar-refractivity contribution is 7.25. The van der Waals surface area contributed by atoms with E-state index in [0.29, 0.717) is 0 Å². The van der Waals surface area contributed by atoms with Crippen molar-refractivity contribution < 1.29 is 9.42 Å². The minimum absolute atomic E-state index is 0.586. The fraction of sp³-hybridized carbons (Fsp3) is 0.250. The van der Waals surface area contributed by atoms with Crippen molar-refractivity contribution in [2.24, 2.45) is 0 Å².